The van der Waals surface area contributed by atoms with E-state index in [9.17, 15) is 18.0 Å². The average molecular weight is 556 g/mol. The second kappa shape index (κ2) is 9.10. The van der Waals surface area contributed by atoms with Crippen molar-refractivity contribution >= 4 is 11.6 Å². The van der Waals surface area contributed by atoms with Crippen LogP contribution in [0.25, 0.3) is 0 Å². The van der Waals surface area contributed by atoms with Crippen molar-refractivity contribution < 1.29 is 27.1 Å². The van der Waals surface area contributed by atoms with Gasteiger partial charge in [-0.05, 0) is 66.6 Å². The first-order valence-electron chi connectivity index (χ1n) is 13.6. The Balaban J connectivity index is 1.22. The van der Waals surface area contributed by atoms with Crippen molar-refractivity contribution in [1.82, 2.24) is 19.7 Å². The Morgan fingerprint density at radius 3 is 2.42 bits per heavy atom. The molecule has 3 fully saturated rings. The van der Waals surface area contributed by atoms with Crippen LogP contribution in [-0.2, 0) is 36.5 Å². The number of aryl methyl sites for hydroxylation is 1. The zero-order valence-electron chi connectivity index (χ0n) is 22.0. The molecule has 0 saturated carbocycles. The summed E-state index contributed by atoms with van der Waals surface area (Å²) in [6, 6.07) is 10.5. The van der Waals surface area contributed by atoms with E-state index < -0.39 is 29.2 Å². The Morgan fingerprint density at radius 2 is 1.82 bits per heavy atom. The highest BCUT2D eigenvalue weighted by molar-refractivity contribution is 6.10. The SMILES string of the molecule is Cn1cnnc1C(F)C1(c2cccc(N3Cc4c(cc(CN5C6CCC5CC6)cc4C(F)(F)F)C3=O)c2)COC1. The lowest BCUT2D eigenvalue weighted by Gasteiger charge is -2.43. The van der Waals surface area contributed by atoms with E-state index >= 15 is 4.39 Å². The molecule has 0 radical (unpaired) electrons. The Hall–Kier alpha value is -3.31. The predicted octanol–water partition coefficient (Wildman–Crippen LogP) is 5.10. The number of anilines is 1. The molecule has 11 heteroatoms. The lowest BCUT2D eigenvalue weighted by molar-refractivity contribution is -0.138. The Morgan fingerprint density at radius 1 is 1.10 bits per heavy atom. The van der Waals surface area contributed by atoms with E-state index in [1.54, 1.807) is 37.4 Å². The summed E-state index contributed by atoms with van der Waals surface area (Å²) < 4.78 is 65.6. The highest BCUT2D eigenvalue weighted by atomic mass is 19.4. The summed E-state index contributed by atoms with van der Waals surface area (Å²) >= 11 is 0. The number of alkyl halides is 4. The number of nitrogens with zero attached hydrogens (tertiary/aromatic N) is 5. The van der Waals surface area contributed by atoms with Crippen LogP contribution in [0.2, 0.25) is 0 Å². The van der Waals surface area contributed by atoms with Gasteiger partial charge in [0.25, 0.3) is 5.91 Å². The van der Waals surface area contributed by atoms with E-state index in [2.05, 4.69) is 15.1 Å². The Labute approximate surface area is 228 Å². The highest BCUT2D eigenvalue weighted by Crippen LogP contribution is 2.47. The van der Waals surface area contributed by atoms with Crippen molar-refractivity contribution in [3.05, 3.63) is 76.4 Å². The van der Waals surface area contributed by atoms with Crippen LogP contribution in [0.4, 0.5) is 23.2 Å². The Bertz CT molecular complexity index is 1460. The summed E-state index contributed by atoms with van der Waals surface area (Å²) in [5, 5.41) is 7.71. The molecule has 40 heavy (non-hydrogen) atoms. The van der Waals surface area contributed by atoms with Crippen molar-refractivity contribution in [2.24, 2.45) is 7.05 Å². The van der Waals surface area contributed by atoms with Crippen LogP contribution in [0.3, 0.4) is 0 Å². The van der Waals surface area contributed by atoms with Gasteiger partial charge in [-0.2, -0.15) is 13.2 Å². The maximum Gasteiger partial charge on any atom is 0.416 e. The molecule has 1 amide bonds. The van der Waals surface area contributed by atoms with Gasteiger partial charge in [-0.1, -0.05) is 12.1 Å². The summed E-state index contributed by atoms with van der Waals surface area (Å²) in [5.74, 6) is -0.319. The van der Waals surface area contributed by atoms with Gasteiger partial charge >= 0.3 is 6.18 Å². The molecule has 1 atom stereocenters. The summed E-state index contributed by atoms with van der Waals surface area (Å²) in [7, 11) is 1.66. The number of fused-ring (bicyclic) bond motifs is 3. The van der Waals surface area contributed by atoms with Crippen molar-refractivity contribution in [2.75, 3.05) is 18.1 Å². The van der Waals surface area contributed by atoms with Crippen molar-refractivity contribution in [2.45, 2.75) is 68.6 Å². The van der Waals surface area contributed by atoms with Crippen LogP contribution in [0.15, 0.2) is 42.7 Å². The van der Waals surface area contributed by atoms with E-state index in [0.717, 1.165) is 25.7 Å². The molecule has 7 nitrogen and oxygen atoms in total. The largest absolute Gasteiger partial charge is 0.416 e. The first-order valence-corrected chi connectivity index (χ1v) is 13.6. The quantitative estimate of drug-likeness (QED) is 0.396. The molecule has 0 N–H and O–H groups in total. The minimum absolute atomic E-state index is 0.0137. The number of halogens is 4. The van der Waals surface area contributed by atoms with Gasteiger partial charge in [0.1, 0.15) is 6.33 Å². The van der Waals surface area contributed by atoms with Gasteiger partial charge < -0.3 is 14.2 Å². The minimum Gasteiger partial charge on any atom is -0.379 e. The maximum absolute atomic E-state index is 15.9. The van der Waals surface area contributed by atoms with Crippen molar-refractivity contribution in [3.63, 3.8) is 0 Å². The molecule has 3 aromatic rings. The molecular formula is C29H29F4N5O2. The first kappa shape index (κ1) is 25.6. The number of rotatable bonds is 6. The van der Waals surface area contributed by atoms with Crippen LogP contribution < -0.4 is 4.90 Å². The van der Waals surface area contributed by atoms with Gasteiger partial charge in [-0.3, -0.25) is 9.69 Å². The zero-order chi connectivity index (χ0) is 27.8. The second-order valence-corrected chi connectivity index (χ2v) is 11.6. The molecule has 4 aliphatic heterocycles. The summed E-state index contributed by atoms with van der Waals surface area (Å²) in [4.78, 5) is 17.3. The maximum atomic E-state index is 15.9. The van der Waals surface area contributed by atoms with Crippen LogP contribution in [0.5, 0.6) is 0 Å². The number of aromatic nitrogens is 3. The lowest BCUT2D eigenvalue weighted by atomic mass is 9.74. The summed E-state index contributed by atoms with van der Waals surface area (Å²) in [6.07, 6.45) is -0.376. The predicted molar refractivity (Wildman–Crippen MR) is 137 cm³/mol. The number of hydrogen-bond acceptors (Lipinski definition) is 5. The van der Waals surface area contributed by atoms with Crippen LogP contribution in [0, 0.1) is 0 Å². The molecule has 1 unspecified atom stereocenters. The monoisotopic (exact) mass is 555 g/mol. The number of benzene rings is 2. The molecule has 0 spiro atoms. The summed E-state index contributed by atoms with van der Waals surface area (Å²) in [6.45, 7) is 0.432. The van der Waals surface area contributed by atoms with E-state index in [1.165, 1.54) is 21.9 Å². The fourth-order valence-electron chi connectivity index (χ4n) is 7.04. The molecule has 5 heterocycles. The van der Waals surface area contributed by atoms with Gasteiger partial charge in [0, 0.05) is 36.9 Å². The average Bonchev–Trinajstić information content (AvgIpc) is 3.67. The number of carbonyl (C=O) groups excluding carboxylic acids is 1. The first-order chi connectivity index (χ1) is 19.2. The van der Waals surface area contributed by atoms with E-state index in [4.69, 9.17) is 4.74 Å². The van der Waals surface area contributed by atoms with Crippen LogP contribution in [0.1, 0.15) is 70.3 Å². The van der Waals surface area contributed by atoms with E-state index in [0.29, 0.717) is 35.4 Å². The number of hydrogen-bond donors (Lipinski definition) is 0. The van der Waals surface area contributed by atoms with Gasteiger partial charge in [0.05, 0.1) is 30.7 Å². The van der Waals surface area contributed by atoms with E-state index in [-0.39, 0.29) is 36.7 Å². The third-order valence-electron chi connectivity index (χ3n) is 9.29. The lowest BCUT2D eigenvalue weighted by Crippen LogP contribution is -2.50. The molecule has 2 bridgehead atoms. The molecule has 0 aliphatic carbocycles. The fraction of sp³-hybridized carbons (Fsp3) is 0.483. The normalized spacial score (nSPS) is 24.4. The highest BCUT2D eigenvalue weighted by Gasteiger charge is 2.51. The molecule has 1 aromatic heterocycles. The van der Waals surface area contributed by atoms with Gasteiger partial charge in [0.2, 0.25) is 0 Å². The van der Waals surface area contributed by atoms with Crippen molar-refractivity contribution in [3.8, 4) is 0 Å². The fourth-order valence-corrected chi connectivity index (χ4v) is 7.04. The number of amides is 1. The topological polar surface area (TPSA) is 63.5 Å². The number of ether oxygens (including phenoxy) is 1. The molecule has 3 saturated heterocycles. The third kappa shape index (κ3) is 3.88. The molecule has 210 valence electrons. The van der Waals surface area contributed by atoms with Crippen LogP contribution in [-0.4, -0.2) is 50.9 Å². The van der Waals surface area contributed by atoms with E-state index in [1.807, 2.05) is 0 Å². The molecule has 7 rings (SSSR count). The third-order valence-corrected chi connectivity index (χ3v) is 9.29. The molecular weight excluding hydrogens is 526 g/mol. The standard InChI is InChI=1S/C29H29F4N5O2/c1-36-16-34-35-26(36)25(30)28(14-40-15-28)18-3-2-4-21(11-18)38-13-23-22(27(38)39)9-17(10-24(23)29(31,32)33)12-37-19-5-6-20(37)8-7-19/h2-4,9-11,16,19-20,25H,5-8,12-15H2,1H3. The molecule has 2 aromatic carbocycles. The smallest absolute Gasteiger partial charge is 0.379 e. The van der Waals surface area contributed by atoms with Gasteiger partial charge in [-0.25, -0.2) is 4.39 Å². The minimum atomic E-state index is -4.59. The van der Waals surface area contributed by atoms with Gasteiger partial charge in [-0.15, -0.1) is 10.2 Å². The van der Waals surface area contributed by atoms with Crippen LogP contribution >= 0.6 is 0 Å². The Kier molecular flexibility index (Phi) is 5.84. The zero-order valence-corrected chi connectivity index (χ0v) is 22.0. The number of carbonyl (C=O) groups is 1. The van der Waals surface area contributed by atoms with Crippen molar-refractivity contribution in [1.29, 1.82) is 0 Å². The molecule has 4 aliphatic rings. The summed E-state index contributed by atoms with van der Waals surface area (Å²) in [5.41, 5.74) is -0.187. The second-order valence-electron chi connectivity index (χ2n) is 11.6. The van der Waals surface area contributed by atoms with Gasteiger partial charge in [0.15, 0.2) is 12.0 Å².